The van der Waals surface area contributed by atoms with Crippen molar-refractivity contribution >= 4 is 40.3 Å². The third kappa shape index (κ3) is 4.51. The molecular formula is C24H21ClN6O2. The summed E-state index contributed by atoms with van der Waals surface area (Å²) in [7, 11) is 0. The molecule has 3 N–H and O–H groups in total. The number of rotatable bonds is 4. The number of benzene rings is 2. The van der Waals surface area contributed by atoms with E-state index in [1.807, 2.05) is 12.1 Å². The lowest BCUT2D eigenvalue weighted by atomic mass is 9.99. The number of carbonyl (C=O) groups is 2. The first kappa shape index (κ1) is 21.0. The minimum atomic E-state index is -0.219. The van der Waals surface area contributed by atoms with Crippen molar-refractivity contribution in [2.45, 2.75) is 19.5 Å². The maximum Gasteiger partial charge on any atom is 0.322 e. The van der Waals surface area contributed by atoms with Gasteiger partial charge in [0.05, 0.1) is 6.20 Å². The molecule has 0 saturated heterocycles. The van der Waals surface area contributed by atoms with E-state index < -0.39 is 0 Å². The van der Waals surface area contributed by atoms with E-state index in [1.54, 1.807) is 53.7 Å². The van der Waals surface area contributed by atoms with Crippen LogP contribution in [0.1, 0.15) is 27.0 Å². The number of nitrogens with zero attached hydrogens (tertiary/aromatic N) is 3. The van der Waals surface area contributed by atoms with E-state index in [1.165, 1.54) is 5.56 Å². The van der Waals surface area contributed by atoms with E-state index in [2.05, 4.69) is 25.8 Å². The number of hydrogen-bond acceptors (Lipinski definition) is 4. The molecule has 2 aromatic heterocycles. The topological polar surface area (TPSA) is 103 Å². The van der Waals surface area contributed by atoms with Gasteiger partial charge in [0.15, 0.2) is 5.65 Å². The predicted molar refractivity (Wildman–Crippen MR) is 126 cm³/mol. The molecule has 2 aromatic carbocycles. The van der Waals surface area contributed by atoms with Gasteiger partial charge in [-0.05, 0) is 53.4 Å². The summed E-state index contributed by atoms with van der Waals surface area (Å²) in [6, 6.07) is 14.0. The van der Waals surface area contributed by atoms with Crippen molar-refractivity contribution < 1.29 is 9.59 Å². The SMILES string of the molecule is O=C(NCc1ccc(Cl)cc1)c1cccc(NC(=O)N2CCc3c(cnc4[nH]ncc34)C2)c1. The van der Waals surface area contributed by atoms with Gasteiger partial charge in [-0.2, -0.15) is 5.10 Å². The van der Waals surface area contributed by atoms with Crippen molar-refractivity contribution in [1.29, 1.82) is 0 Å². The van der Waals surface area contributed by atoms with E-state index in [9.17, 15) is 9.59 Å². The van der Waals surface area contributed by atoms with Gasteiger partial charge in [0.1, 0.15) is 0 Å². The number of nitrogens with one attached hydrogen (secondary N) is 3. The summed E-state index contributed by atoms with van der Waals surface area (Å²) >= 11 is 5.90. The van der Waals surface area contributed by atoms with Crippen LogP contribution in [0.15, 0.2) is 60.9 Å². The smallest absolute Gasteiger partial charge is 0.322 e. The van der Waals surface area contributed by atoms with Gasteiger partial charge in [-0.15, -0.1) is 0 Å². The third-order valence-electron chi connectivity index (χ3n) is 5.70. The highest BCUT2D eigenvalue weighted by Gasteiger charge is 2.23. The Morgan fingerprint density at radius 1 is 1.12 bits per heavy atom. The molecular weight excluding hydrogens is 440 g/mol. The molecule has 4 aromatic rings. The maximum absolute atomic E-state index is 12.9. The summed E-state index contributed by atoms with van der Waals surface area (Å²) in [4.78, 5) is 31.6. The molecule has 9 heteroatoms. The highest BCUT2D eigenvalue weighted by Crippen LogP contribution is 2.25. The molecule has 0 unspecified atom stereocenters. The number of aromatic nitrogens is 3. The van der Waals surface area contributed by atoms with Crippen LogP contribution < -0.4 is 10.6 Å². The summed E-state index contributed by atoms with van der Waals surface area (Å²) in [5.41, 5.74) is 4.94. The number of fused-ring (bicyclic) bond motifs is 3. The standard InChI is InChI=1S/C24H21ClN6O2/c25-18-6-4-15(5-7-18)11-27-23(32)16-2-1-3-19(10-16)29-24(33)31-9-8-20-17(14-31)12-26-22-21(20)13-28-30-22/h1-7,10,12-13H,8-9,11,14H2,(H,27,32)(H,29,33)(H,26,28,30). The second-order valence-electron chi connectivity index (χ2n) is 7.89. The van der Waals surface area contributed by atoms with Crippen molar-refractivity contribution in [1.82, 2.24) is 25.4 Å². The Morgan fingerprint density at radius 2 is 1.97 bits per heavy atom. The highest BCUT2D eigenvalue weighted by molar-refractivity contribution is 6.30. The van der Waals surface area contributed by atoms with Gasteiger partial charge in [-0.25, -0.2) is 9.78 Å². The van der Waals surface area contributed by atoms with Crippen LogP contribution in [-0.2, 0) is 19.5 Å². The van der Waals surface area contributed by atoms with E-state index in [0.717, 1.165) is 28.6 Å². The van der Waals surface area contributed by atoms with Crippen molar-refractivity contribution in [3.05, 3.63) is 88.2 Å². The van der Waals surface area contributed by atoms with Crippen molar-refractivity contribution in [3.63, 3.8) is 0 Å². The zero-order chi connectivity index (χ0) is 22.8. The highest BCUT2D eigenvalue weighted by atomic mass is 35.5. The van der Waals surface area contributed by atoms with Gasteiger partial charge in [0.2, 0.25) is 0 Å². The van der Waals surface area contributed by atoms with Crippen LogP contribution in [0.2, 0.25) is 5.02 Å². The third-order valence-corrected chi connectivity index (χ3v) is 5.96. The molecule has 33 heavy (non-hydrogen) atoms. The molecule has 0 bridgehead atoms. The Morgan fingerprint density at radius 3 is 2.82 bits per heavy atom. The molecule has 0 atom stereocenters. The molecule has 0 radical (unpaired) electrons. The van der Waals surface area contributed by atoms with Crippen molar-refractivity contribution in [3.8, 4) is 0 Å². The van der Waals surface area contributed by atoms with Gasteiger partial charge in [0.25, 0.3) is 5.91 Å². The summed E-state index contributed by atoms with van der Waals surface area (Å²) < 4.78 is 0. The van der Waals surface area contributed by atoms with Gasteiger partial charge >= 0.3 is 6.03 Å². The maximum atomic E-state index is 12.9. The molecule has 8 nitrogen and oxygen atoms in total. The Hall–Kier alpha value is -3.91. The summed E-state index contributed by atoms with van der Waals surface area (Å²) in [6.45, 7) is 1.44. The number of carbonyl (C=O) groups excluding carboxylic acids is 2. The zero-order valence-electron chi connectivity index (χ0n) is 17.6. The summed E-state index contributed by atoms with van der Waals surface area (Å²) in [6.07, 6.45) is 4.30. The fourth-order valence-corrected chi connectivity index (χ4v) is 4.08. The Bertz CT molecular complexity index is 1330. The number of halogens is 1. The monoisotopic (exact) mass is 460 g/mol. The quantitative estimate of drug-likeness (QED) is 0.426. The van der Waals surface area contributed by atoms with E-state index in [0.29, 0.717) is 35.9 Å². The number of hydrogen-bond donors (Lipinski definition) is 3. The normalized spacial score (nSPS) is 12.9. The summed E-state index contributed by atoms with van der Waals surface area (Å²) in [5, 5.41) is 14.4. The minimum absolute atomic E-state index is 0.216. The Labute approximate surface area is 195 Å². The number of H-pyrrole nitrogens is 1. The number of anilines is 1. The van der Waals surface area contributed by atoms with Gasteiger partial charge in [0, 0.05) is 47.5 Å². The molecule has 0 saturated carbocycles. The van der Waals surface area contributed by atoms with Crippen LogP contribution in [-0.4, -0.2) is 38.6 Å². The van der Waals surface area contributed by atoms with Crippen molar-refractivity contribution in [2.24, 2.45) is 0 Å². The summed E-state index contributed by atoms with van der Waals surface area (Å²) in [5.74, 6) is -0.219. The largest absolute Gasteiger partial charge is 0.348 e. The Kier molecular flexibility index (Phi) is 5.66. The second-order valence-corrected chi connectivity index (χ2v) is 8.32. The van der Waals surface area contributed by atoms with Gasteiger partial charge < -0.3 is 15.5 Å². The van der Waals surface area contributed by atoms with E-state index >= 15 is 0 Å². The average molecular weight is 461 g/mol. The molecule has 5 rings (SSSR count). The molecule has 3 heterocycles. The lowest BCUT2D eigenvalue weighted by Crippen LogP contribution is -2.39. The molecule has 0 spiro atoms. The van der Waals surface area contributed by atoms with E-state index in [-0.39, 0.29) is 11.9 Å². The van der Waals surface area contributed by atoms with Crippen LogP contribution in [0.3, 0.4) is 0 Å². The molecule has 1 aliphatic rings. The first-order chi connectivity index (χ1) is 16.1. The molecule has 0 aliphatic carbocycles. The number of pyridine rings is 1. The first-order valence-corrected chi connectivity index (χ1v) is 10.9. The van der Waals surface area contributed by atoms with Gasteiger partial charge in [-0.3, -0.25) is 9.89 Å². The fourth-order valence-electron chi connectivity index (χ4n) is 3.96. The number of urea groups is 1. The van der Waals surface area contributed by atoms with Crippen molar-refractivity contribution in [2.75, 3.05) is 11.9 Å². The fraction of sp³-hybridized carbons (Fsp3) is 0.167. The lowest BCUT2D eigenvalue weighted by molar-refractivity contribution is 0.0951. The van der Waals surface area contributed by atoms with Gasteiger partial charge in [-0.1, -0.05) is 29.8 Å². The molecule has 3 amide bonds. The van der Waals surface area contributed by atoms with Crippen LogP contribution in [0.4, 0.5) is 10.5 Å². The van der Waals surface area contributed by atoms with Crippen LogP contribution >= 0.6 is 11.6 Å². The van der Waals surface area contributed by atoms with Crippen LogP contribution in [0.5, 0.6) is 0 Å². The lowest BCUT2D eigenvalue weighted by Gasteiger charge is -2.29. The predicted octanol–water partition coefficient (Wildman–Crippen LogP) is 4.13. The number of amides is 3. The zero-order valence-corrected chi connectivity index (χ0v) is 18.4. The minimum Gasteiger partial charge on any atom is -0.348 e. The van der Waals surface area contributed by atoms with Crippen LogP contribution in [0.25, 0.3) is 11.0 Å². The van der Waals surface area contributed by atoms with E-state index in [4.69, 9.17) is 11.6 Å². The average Bonchev–Trinajstić information content (AvgIpc) is 3.33. The Balaban J connectivity index is 1.22. The first-order valence-electron chi connectivity index (χ1n) is 10.6. The second kappa shape index (κ2) is 8.91. The van der Waals surface area contributed by atoms with Crippen LogP contribution in [0, 0.1) is 0 Å². The number of aromatic amines is 1. The molecule has 166 valence electrons. The molecule has 0 fully saturated rings. The molecule has 1 aliphatic heterocycles.